The Bertz CT molecular complexity index is 1120. The van der Waals surface area contributed by atoms with E-state index in [4.69, 9.17) is 4.74 Å². The zero-order valence-electron chi connectivity index (χ0n) is 18.4. The van der Waals surface area contributed by atoms with E-state index in [1.165, 1.54) is 35.2 Å². The van der Waals surface area contributed by atoms with E-state index in [1.807, 2.05) is 11.5 Å². The van der Waals surface area contributed by atoms with Crippen molar-refractivity contribution >= 4 is 56.9 Å². The number of hydrogen-bond acceptors (Lipinski definition) is 8. The van der Waals surface area contributed by atoms with Crippen LogP contribution in [0.5, 0.6) is 0 Å². The number of piperazine rings is 1. The highest BCUT2D eigenvalue weighted by Crippen LogP contribution is 2.23. The van der Waals surface area contributed by atoms with Crippen molar-refractivity contribution < 1.29 is 24.0 Å². The minimum atomic E-state index is -0.457. The fourth-order valence-corrected chi connectivity index (χ4v) is 5.22. The summed E-state index contributed by atoms with van der Waals surface area (Å²) in [5, 5.41) is 11.0. The third-order valence-electron chi connectivity index (χ3n) is 5.02. The molecule has 0 unspecified atom stereocenters. The van der Waals surface area contributed by atoms with Crippen LogP contribution in [0.2, 0.25) is 0 Å². The van der Waals surface area contributed by atoms with Gasteiger partial charge in [-0.05, 0) is 19.9 Å². The zero-order valence-corrected chi connectivity index (χ0v) is 20.0. The molecule has 0 aliphatic carbocycles. The molecule has 33 heavy (non-hydrogen) atoms. The summed E-state index contributed by atoms with van der Waals surface area (Å²) in [6.45, 7) is 6.24. The molecule has 0 N–H and O–H groups in total. The first kappa shape index (κ1) is 24.7. The van der Waals surface area contributed by atoms with Gasteiger partial charge in [-0.25, -0.2) is 4.79 Å². The summed E-state index contributed by atoms with van der Waals surface area (Å²) >= 11 is 2.41. The van der Waals surface area contributed by atoms with Crippen LogP contribution in [0.3, 0.4) is 0 Å². The zero-order chi connectivity index (χ0) is 24.0. The predicted molar refractivity (Wildman–Crippen MR) is 125 cm³/mol. The Morgan fingerprint density at radius 1 is 1.15 bits per heavy atom. The Morgan fingerprint density at radius 3 is 2.48 bits per heavy atom. The van der Waals surface area contributed by atoms with Crippen LogP contribution < -0.4 is 4.80 Å². The number of nitrogens with zero attached hydrogens (tertiary/aromatic N) is 5. The number of nitro groups is 1. The van der Waals surface area contributed by atoms with E-state index < -0.39 is 4.92 Å². The topological polar surface area (TPSA) is 127 Å². The monoisotopic (exact) mass is 495 g/mol. The van der Waals surface area contributed by atoms with Gasteiger partial charge >= 0.3 is 6.09 Å². The van der Waals surface area contributed by atoms with Crippen molar-refractivity contribution in [3.8, 4) is 0 Å². The van der Waals surface area contributed by atoms with E-state index in [1.54, 1.807) is 22.8 Å². The van der Waals surface area contributed by atoms with E-state index in [0.717, 1.165) is 5.52 Å². The number of amides is 3. The number of carbonyl (C=O) groups excluding carboxylic acids is 3. The van der Waals surface area contributed by atoms with Gasteiger partial charge in [-0.1, -0.05) is 11.3 Å². The van der Waals surface area contributed by atoms with Crippen LogP contribution in [0.25, 0.3) is 10.2 Å². The van der Waals surface area contributed by atoms with E-state index in [9.17, 15) is 24.5 Å². The van der Waals surface area contributed by atoms with E-state index in [-0.39, 0.29) is 35.1 Å². The molecule has 1 fully saturated rings. The van der Waals surface area contributed by atoms with Gasteiger partial charge in [-0.2, -0.15) is 4.99 Å². The van der Waals surface area contributed by atoms with Crippen LogP contribution in [-0.2, 0) is 20.9 Å². The van der Waals surface area contributed by atoms with E-state index >= 15 is 0 Å². The second kappa shape index (κ2) is 11.3. The third-order valence-corrected chi connectivity index (χ3v) is 6.97. The number of aromatic nitrogens is 1. The quantitative estimate of drug-likeness (QED) is 0.425. The van der Waals surface area contributed by atoms with Gasteiger partial charge in [0.1, 0.15) is 0 Å². The number of aryl methyl sites for hydroxylation is 1. The number of nitro benzene ring substituents is 1. The maximum absolute atomic E-state index is 12.4. The molecule has 0 radical (unpaired) electrons. The first-order valence-electron chi connectivity index (χ1n) is 10.5. The molecule has 0 spiro atoms. The Morgan fingerprint density at radius 2 is 1.85 bits per heavy atom. The average molecular weight is 496 g/mol. The van der Waals surface area contributed by atoms with Gasteiger partial charge < -0.3 is 19.1 Å². The van der Waals surface area contributed by atoms with Gasteiger partial charge in [0.05, 0.1) is 33.3 Å². The lowest BCUT2D eigenvalue weighted by molar-refractivity contribution is -0.384. The molecule has 0 saturated carbocycles. The number of ether oxygens (including phenoxy) is 1. The number of fused-ring (bicyclic) bond motifs is 1. The first-order chi connectivity index (χ1) is 15.8. The number of thiazole rings is 1. The van der Waals surface area contributed by atoms with Crippen LogP contribution in [0.15, 0.2) is 23.2 Å². The number of thioether (sulfide) groups is 1. The van der Waals surface area contributed by atoms with Crippen LogP contribution >= 0.6 is 23.1 Å². The second-order valence-corrected chi connectivity index (χ2v) is 9.10. The van der Waals surface area contributed by atoms with Crippen LogP contribution in [0, 0.1) is 10.1 Å². The van der Waals surface area contributed by atoms with Crippen LogP contribution in [0.1, 0.15) is 13.8 Å². The summed E-state index contributed by atoms with van der Waals surface area (Å²) in [4.78, 5) is 55.0. The average Bonchev–Trinajstić information content (AvgIpc) is 3.15. The summed E-state index contributed by atoms with van der Waals surface area (Å²) in [5.74, 6) is -0.267. The van der Waals surface area contributed by atoms with Gasteiger partial charge in [0, 0.05) is 44.9 Å². The van der Waals surface area contributed by atoms with Crippen molar-refractivity contribution in [2.24, 2.45) is 4.99 Å². The van der Waals surface area contributed by atoms with Crippen molar-refractivity contribution in [2.75, 3.05) is 44.3 Å². The maximum Gasteiger partial charge on any atom is 0.409 e. The highest BCUT2D eigenvalue weighted by Gasteiger charge is 2.24. The SMILES string of the molecule is CCOC(=O)N1CCN(C(=O)CSCC(=O)N=c2sc3cc([N+](=O)[O-])ccc3n2CC)CC1. The fraction of sp³-hybridized carbons (Fsp3) is 0.500. The molecule has 2 heterocycles. The molecule has 11 nitrogen and oxygen atoms in total. The second-order valence-electron chi connectivity index (χ2n) is 7.10. The van der Waals surface area contributed by atoms with Gasteiger partial charge in [0.25, 0.3) is 11.6 Å². The van der Waals surface area contributed by atoms with Gasteiger partial charge in [0.15, 0.2) is 4.80 Å². The molecular formula is C20H25N5O6S2. The number of non-ortho nitro benzene ring substituents is 1. The molecule has 1 saturated heterocycles. The minimum Gasteiger partial charge on any atom is -0.450 e. The van der Waals surface area contributed by atoms with Crippen LogP contribution in [0.4, 0.5) is 10.5 Å². The van der Waals surface area contributed by atoms with Gasteiger partial charge in [-0.3, -0.25) is 19.7 Å². The lowest BCUT2D eigenvalue weighted by atomic mass is 10.3. The summed E-state index contributed by atoms with van der Waals surface area (Å²) in [7, 11) is 0. The van der Waals surface area contributed by atoms with Gasteiger partial charge in [0.2, 0.25) is 5.91 Å². The van der Waals surface area contributed by atoms with Gasteiger partial charge in [-0.15, -0.1) is 11.8 Å². The standard InChI is InChI=1S/C20H25N5O6S2/c1-3-24-15-6-5-14(25(29)30)11-16(15)33-19(24)21-17(26)12-32-13-18(27)22-7-9-23(10-8-22)20(28)31-4-2/h5-6,11H,3-4,7-10,12-13H2,1-2H3. The molecule has 0 atom stereocenters. The molecule has 3 amide bonds. The summed E-state index contributed by atoms with van der Waals surface area (Å²) < 4.78 is 7.49. The van der Waals surface area contributed by atoms with Crippen molar-refractivity contribution in [2.45, 2.75) is 20.4 Å². The fourth-order valence-electron chi connectivity index (χ4n) is 3.38. The van der Waals surface area contributed by atoms with Crippen molar-refractivity contribution in [3.63, 3.8) is 0 Å². The number of benzene rings is 1. The summed E-state index contributed by atoms with van der Waals surface area (Å²) in [6, 6.07) is 4.57. The van der Waals surface area contributed by atoms with E-state index in [0.29, 0.717) is 48.8 Å². The Hall–Kier alpha value is -2.93. The molecule has 3 rings (SSSR count). The molecule has 13 heteroatoms. The highest BCUT2D eigenvalue weighted by atomic mass is 32.2. The maximum atomic E-state index is 12.4. The first-order valence-corrected chi connectivity index (χ1v) is 12.4. The van der Waals surface area contributed by atoms with Crippen molar-refractivity contribution in [1.29, 1.82) is 0 Å². The molecular weight excluding hydrogens is 470 g/mol. The van der Waals surface area contributed by atoms with Crippen molar-refractivity contribution in [3.05, 3.63) is 33.1 Å². The number of hydrogen-bond donors (Lipinski definition) is 0. The van der Waals surface area contributed by atoms with Crippen LogP contribution in [-0.4, -0.2) is 81.5 Å². The van der Waals surface area contributed by atoms with E-state index in [2.05, 4.69) is 4.99 Å². The number of carbonyl (C=O) groups is 3. The summed E-state index contributed by atoms with van der Waals surface area (Å²) in [5.41, 5.74) is 0.770. The lowest BCUT2D eigenvalue weighted by Gasteiger charge is -2.34. The Labute approximate surface area is 198 Å². The lowest BCUT2D eigenvalue weighted by Crippen LogP contribution is -2.51. The Kier molecular flexibility index (Phi) is 8.44. The molecule has 2 aromatic rings. The highest BCUT2D eigenvalue weighted by molar-refractivity contribution is 8.00. The predicted octanol–water partition coefficient (Wildman–Crippen LogP) is 2.09. The minimum absolute atomic E-state index is 0.0120. The normalized spacial score (nSPS) is 14.5. The third kappa shape index (κ3) is 6.11. The number of rotatable bonds is 7. The summed E-state index contributed by atoms with van der Waals surface area (Å²) in [6.07, 6.45) is -0.369. The molecule has 1 aliphatic heterocycles. The molecule has 0 bridgehead atoms. The molecule has 1 aromatic carbocycles. The molecule has 1 aliphatic rings. The Balaban J connectivity index is 1.55. The van der Waals surface area contributed by atoms with Crippen molar-refractivity contribution in [1.82, 2.24) is 14.4 Å². The smallest absolute Gasteiger partial charge is 0.409 e. The molecule has 1 aromatic heterocycles. The molecule has 178 valence electrons. The largest absolute Gasteiger partial charge is 0.450 e.